The second kappa shape index (κ2) is 7.06. The normalized spacial score (nSPS) is 10.8. The van der Waals surface area contributed by atoms with Gasteiger partial charge in [0.1, 0.15) is 0 Å². The maximum absolute atomic E-state index is 12.6. The van der Waals surface area contributed by atoms with Crippen molar-refractivity contribution >= 4 is 22.9 Å². The number of aromatic nitrogens is 3. The van der Waals surface area contributed by atoms with Gasteiger partial charge in [0.2, 0.25) is 11.0 Å². The Balaban J connectivity index is 1.77. The molecule has 0 unspecified atom stereocenters. The van der Waals surface area contributed by atoms with Crippen LogP contribution in [-0.4, -0.2) is 20.7 Å². The molecule has 0 bridgehead atoms. The summed E-state index contributed by atoms with van der Waals surface area (Å²) in [5.41, 5.74) is 3.69. The van der Waals surface area contributed by atoms with Gasteiger partial charge in [0.15, 0.2) is 0 Å². The van der Waals surface area contributed by atoms with Crippen molar-refractivity contribution in [1.29, 1.82) is 0 Å². The first kappa shape index (κ1) is 17.2. The maximum atomic E-state index is 12.6. The van der Waals surface area contributed by atoms with Gasteiger partial charge >= 0.3 is 0 Å². The fourth-order valence-corrected chi connectivity index (χ4v) is 3.32. The molecule has 0 saturated carbocycles. The van der Waals surface area contributed by atoms with Crippen LogP contribution in [0.3, 0.4) is 0 Å². The molecule has 1 aromatic carbocycles. The van der Waals surface area contributed by atoms with E-state index in [1.54, 1.807) is 6.92 Å². The van der Waals surface area contributed by atoms with Crippen molar-refractivity contribution in [3.8, 4) is 5.13 Å². The minimum absolute atomic E-state index is 0.0219. The van der Waals surface area contributed by atoms with Crippen LogP contribution in [0.15, 0.2) is 34.4 Å². The predicted molar refractivity (Wildman–Crippen MR) is 99.7 cm³/mol. The molecule has 3 aromatic rings. The van der Waals surface area contributed by atoms with E-state index >= 15 is 0 Å². The van der Waals surface area contributed by atoms with Gasteiger partial charge in [-0.25, -0.2) is 4.98 Å². The van der Waals surface area contributed by atoms with Crippen molar-refractivity contribution in [2.75, 3.05) is 5.32 Å². The summed E-state index contributed by atoms with van der Waals surface area (Å²) in [7, 11) is 0. The van der Waals surface area contributed by atoms with Crippen molar-refractivity contribution in [3.63, 3.8) is 0 Å². The van der Waals surface area contributed by atoms with Gasteiger partial charge in [-0.15, -0.1) is 11.3 Å². The number of hydrogen-bond acceptors (Lipinski definition) is 4. The number of anilines is 1. The minimum Gasteiger partial charge on any atom is -0.326 e. The van der Waals surface area contributed by atoms with Gasteiger partial charge in [-0.1, -0.05) is 19.1 Å². The number of hydrogen-bond donors (Lipinski definition) is 2. The number of nitrogens with one attached hydrogen (secondary N) is 2. The van der Waals surface area contributed by atoms with E-state index in [0.29, 0.717) is 16.4 Å². The summed E-state index contributed by atoms with van der Waals surface area (Å²) in [5.74, 6) is -0.217. The molecular weight excluding hydrogens is 336 g/mol. The highest BCUT2D eigenvalue weighted by Gasteiger charge is 2.17. The summed E-state index contributed by atoms with van der Waals surface area (Å²) in [4.78, 5) is 29.2. The first-order valence-corrected chi connectivity index (χ1v) is 8.97. The van der Waals surface area contributed by atoms with Gasteiger partial charge in [0.25, 0.3) is 5.56 Å². The Bertz CT molecular complexity index is 950. The lowest BCUT2D eigenvalue weighted by Gasteiger charge is -2.05. The quantitative estimate of drug-likeness (QED) is 0.737. The number of aryl methyl sites for hydroxylation is 3. The molecule has 0 aliphatic rings. The van der Waals surface area contributed by atoms with E-state index in [-0.39, 0.29) is 17.9 Å². The zero-order valence-electron chi connectivity index (χ0n) is 14.4. The van der Waals surface area contributed by atoms with Crippen LogP contribution in [-0.2, 0) is 17.6 Å². The Hall–Kier alpha value is -2.67. The lowest BCUT2D eigenvalue weighted by atomic mass is 10.1. The standard InChI is InChI=1S/C18H20N4O2S/c1-4-13-5-7-14(8-6-13)20-16(23)9-15-12(3)21-22(17(15)24)18-19-11(2)10-25-18/h5-8,10,21H,4,9H2,1-3H3,(H,20,23). The van der Waals surface area contributed by atoms with Crippen LogP contribution in [0.2, 0.25) is 0 Å². The Morgan fingerprint density at radius 3 is 2.60 bits per heavy atom. The van der Waals surface area contributed by atoms with Gasteiger partial charge in [-0.3, -0.25) is 14.7 Å². The number of H-pyrrole nitrogens is 1. The van der Waals surface area contributed by atoms with Crippen molar-refractivity contribution in [2.45, 2.75) is 33.6 Å². The third-order valence-electron chi connectivity index (χ3n) is 3.97. The van der Waals surface area contributed by atoms with E-state index < -0.39 is 0 Å². The zero-order valence-corrected chi connectivity index (χ0v) is 15.2. The molecule has 0 atom stereocenters. The summed E-state index contributed by atoms with van der Waals surface area (Å²) in [6, 6.07) is 7.71. The second-order valence-electron chi connectivity index (χ2n) is 5.90. The van der Waals surface area contributed by atoms with Crippen LogP contribution in [0.4, 0.5) is 5.69 Å². The first-order valence-electron chi connectivity index (χ1n) is 8.09. The fraction of sp³-hybridized carbons (Fsp3) is 0.278. The Morgan fingerprint density at radius 2 is 2.00 bits per heavy atom. The maximum Gasteiger partial charge on any atom is 0.277 e. The molecule has 0 aliphatic heterocycles. The molecule has 0 spiro atoms. The molecule has 0 saturated heterocycles. The van der Waals surface area contributed by atoms with E-state index in [1.165, 1.54) is 21.6 Å². The van der Waals surface area contributed by atoms with E-state index in [2.05, 4.69) is 22.3 Å². The van der Waals surface area contributed by atoms with E-state index in [1.807, 2.05) is 36.6 Å². The van der Waals surface area contributed by atoms with E-state index in [9.17, 15) is 9.59 Å². The second-order valence-corrected chi connectivity index (χ2v) is 6.74. The summed E-state index contributed by atoms with van der Waals surface area (Å²) >= 11 is 1.38. The number of rotatable bonds is 5. The molecule has 130 valence electrons. The third kappa shape index (κ3) is 3.71. The number of aromatic amines is 1. The number of benzene rings is 1. The Labute approximate surface area is 149 Å². The lowest BCUT2D eigenvalue weighted by molar-refractivity contribution is -0.115. The fourth-order valence-electron chi connectivity index (χ4n) is 2.56. The topological polar surface area (TPSA) is 79.8 Å². The zero-order chi connectivity index (χ0) is 18.0. The number of amides is 1. The molecular formula is C18H20N4O2S. The Kier molecular flexibility index (Phi) is 4.85. The number of carbonyl (C=O) groups excluding carboxylic acids is 1. The summed E-state index contributed by atoms with van der Waals surface area (Å²) < 4.78 is 1.39. The van der Waals surface area contributed by atoms with Crippen LogP contribution in [0.5, 0.6) is 0 Å². The monoisotopic (exact) mass is 356 g/mol. The van der Waals surface area contributed by atoms with Crippen molar-refractivity contribution in [1.82, 2.24) is 14.8 Å². The van der Waals surface area contributed by atoms with Gasteiger partial charge in [0.05, 0.1) is 12.1 Å². The van der Waals surface area contributed by atoms with E-state index in [4.69, 9.17) is 0 Å². The first-order chi connectivity index (χ1) is 12.0. The minimum atomic E-state index is -0.233. The summed E-state index contributed by atoms with van der Waals surface area (Å²) in [5, 5.41) is 8.29. The van der Waals surface area contributed by atoms with Crippen LogP contribution >= 0.6 is 11.3 Å². The molecule has 1 amide bonds. The molecule has 25 heavy (non-hydrogen) atoms. The molecule has 2 N–H and O–H groups in total. The van der Waals surface area contributed by atoms with E-state index in [0.717, 1.165) is 17.8 Å². The average molecular weight is 356 g/mol. The molecule has 2 heterocycles. The predicted octanol–water partition coefficient (Wildman–Crippen LogP) is 2.98. The molecule has 3 rings (SSSR count). The average Bonchev–Trinajstić information content (AvgIpc) is 3.14. The number of nitrogens with zero attached hydrogens (tertiary/aromatic N) is 2. The highest BCUT2D eigenvalue weighted by molar-refractivity contribution is 7.12. The number of carbonyl (C=O) groups is 1. The molecule has 0 radical (unpaired) electrons. The van der Waals surface area contributed by atoms with Crippen LogP contribution in [0.25, 0.3) is 5.13 Å². The summed E-state index contributed by atoms with van der Waals surface area (Å²) in [6.45, 7) is 5.74. The highest BCUT2D eigenvalue weighted by Crippen LogP contribution is 2.14. The van der Waals surface area contributed by atoms with Gasteiger partial charge in [-0.05, 0) is 38.0 Å². The molecule has 0 aliphatic carbocycles. The highest BCUT2D eigenvalue weighted by atomic mass is 32.1. The molecule has 7 heteroatoms. The van der Waals surface area contributed by atoms with Gasteiger partial charge < -0.3 is 5.32 Å². The third-order valence-corrected chi connectivity index (χ3v) is 4.92. The van der Waals surface area contributed by atoms with Gasteiger partial charge in [-0.2, -0.15) is 4.68 Å². The van der Waals surface area contributed by atoms with Crippen molar-refractivity contribution in [3.05, 3.63) is 62.5 Å². The summed E-state index contributed by atoms with van der Waals surface area (Å²) in [6.07, 6.45) is 0.973. The van der Waals surface area contributed by atoms with Crippen LogP contribution in [0.1, 0.15) is 29.4 Å². The van der Waals surface area contributed by atoms with Crippen molar-refractivity contribution < 1.29 is 4.79 Å². The van der Waals surface area contributed by atoms with Crippen LogP contribution < -0.4 is 10.9 Å². The van der Waals surface area contributed by atoms with Crippen LogP contribution in [0, 0.1) is 13.8 Å². The largest absolute Gasteiger partial charge is 0.326 e. The molecule has 0 fully saturated rings. The number of thiazole rings is 1. The lowest BCUT2D eigenvalue weighted by Crippen LogP contribution is -2.22. The smallest absolute Gasteiger partial charge is 0.277 e. The molecule has 6 nitrogen and oxygen atoms in total. The molecule has 2 aromatic heterocycles. The SMILES string of the molecule is CCc1ccc(NC(=O)Cc2c(C)[nH]n(-c3nc(C)cs3)c2=O)cc1. The van der Waals surface area contributed by atoms with Gasteiger partial charge in [0, 0.05) is 22.3 Å². The Morgan fingerprint density at radius 1 is 1.28 bits per heavy atom. The van der Waals surface area contributed by atoms with Crippen molar-refractivity contribution in [2.24, 2.45) is 0 Å².